The summed E-state index contributed by atoms with van der Waals surface area (Å²) in [6.07, 6.45) is 5.01. The number of carboxylic acid groups (broad SMARTS) is 1. The first kappa shape index (κ1) is 22.2. The molecular weight excluding hydrogens is 407 g/mol. The topological polar surface area (TPSA) is 57.6 Å². The molecule has 8 heteroatoms. The Balaban J connectivity index is 1.59. The van der Waals surface area contributed by atoms with Gasteiger partial charge in [0.15, 0.2) is 0 Å². The van der Waals surface area contributed by atoms with Crippen molar-refractivity contribution in [2.45, 2.75) is 43.5 Å². The van der Waals surface area contributed by atoms with Crippen LogP contribution in [0.3, 0.4) is 0 Å². The molecule has 1 aromatic carbocycles. The summed E-state index contributed by atoms with van der Waals surface area (Å²) in [5.74, 6) is -5.27. The zero-order chi connectivity index (χ0) is 21.7. The van der Waals surface area contributed by atoms with E-state index in [1.807, 2.05) is 44.3 Å². The van der Waals surface area contributed by atoms with Gasteiger partial charge in [0.05, 0.1) is 6.04 Å². The third-order valence-corrected chi connectivity index (χ3v) is 6.33. The molecule has 0 radical (unpaired) electrons. The minimum Gasteiger partial charge on any atom is -0.477 e. The molecule has 1 fully saturated rings. The first-order chi connectivity index (χ1) is 14.3. The molecule has 0 aliphatic carbocycles. The summed E-state index contributed by atoms with van der Waals surface area (Å²) in [5, 5.41) is 8.99. The summed E-state index contributed by atoms with van der Waals surface area (Å²) >= 11 is 1.17. The normalized spacial score (nSPS) is 19.5. The average Bonchev–Trinajstić information content (AvgIpc) is 3.25. The molecule has 3 rings (SSSR count). The van der Waals surface area contributed by atoms with Crippen molar-refractivity contribution in [3.05, 3.63) is 69.9 Å². The van der Waals surface area contributed by atoms with E-state index in [-0.39, 0.29) is 17.2 Å². The molecule has 0 saturated carbocycles. The number of hydrogen-bond acceptors (Lipinski definition) is 3. The molecule has 158 valence electrons. The van der Waals surface area contributed by atoms with Crippen LogP contribution in [0.2, 0.25) is 5.82 Å². The van der Waals surface area contributed by atoms with Crippen LogP contribution in [0, 0.1) is 0 Å². The SMILES string of the molecule is B[C@H](/C=C/C1CC(F)(F)C(=O)N1CCCc1ccc(C(=O)O)s1)Cc1ccccc1. The Labute approximate surface area is 179 Å². The molecule has 4 nitrogen and oxygen atoms in total. The van der Waals surface area contributed by atoms with Crippen LogP contribution in [0.25, 0.3) is 0 Å². The molecule has 1 unspecified atom stereocenters. The van der Waals surface area contributed by atoms with Crippen LogP contribution in [-0.2, 0) is 17.6 Å². The Morgan fingerprint density at radius 3 is 2.70 bits per heavy atom. The quantitative estimate of drug-likeness (QED) is 0.485. The number of hydrogen-bond donors (Lipinski definition) is 1. The summed E-state index contributed by atoms with van der Waals surface area (Å²) in [6.45, 7) is 0.219. The van der Waals surface area contributed by atoms with Crippen molar-refractivity contribution in [1.82, 2.24) is 4.90 Å². The number of allylic oxidation sites excluding steroid dienone is 1. The van der Waals surface area contributed by atoms with Gasteiger partial charge in [0.25, 0.3) is 5.91 Å². The minimum absolute atomic E-state index is 0.166. The number of aromatic carboxylic acids is 1. The van der Waals surface area contributed by atoms with Gasteiger partial charge in [-0.25, -0.2) is 4.79 Å². The van der Waals surface area contributed by atoms with Crippen LogP contribution in [0.1, 0.15) is 33.0 Å². The Hall–Kier alpha value is -2.48. The van der Waals surface area contributed by atoms with Crippen LogP contribution < -0.4 is 0 Å². The number of carbonyl (C=O) groups is 2. The second-order valence-corrected chi connectivity index (χ2v) is 8.87. The van der Waals surface area contributed by atoms with Gasteiger partial charge in [0.1, 0.15) is 12.7 Å². The van der Waals surface area contributed by atoms with E-state index in [4.69, 9.17) is 5.11 Å². The lowest BCUT2D eigenvalue weighted by Gasteiger charge is -2.22. The number of rotatable bonds is 9. The monoisotopic (exact) mass is 431 g/mol. The van der Waals surface area contributed by atoms with E-state index in [0.717, 1.165) is 11.3 Å². The predicted molar refractivity (Wildman–Crippen MR) is 116 cm³/mol. The minimum atomic E-state index is -3.34. The molecule has 0 bridgehead atoms. The van der Waals surface area contributed by atoms with E-state index in [1.165, 1.54) is 27.9 Å². The van der Waals surface area contributed by atoms with Gasteiger partial charge in [-0.2, -0.15) is 8.78 Å². The van der Waals surface area contributed by atoms with Crippen molar-refractivity contribution in [3.8, 4) is 0 Å². The highest BCUT2D eigenvalue weighted by Gasteiger charge is 2.52. The highest BCUT2D eigenvalue weighted by Crippen LogP contribution is 2.34. The summed E-state index contributed by atoms with van der Waals surface area (Å²) in [6, 6.07) is 12.6. The van der Waals surface area contributed by atoms with E-state index in [1.54, 1.807) is 12.1 Å². The van der Waals surface area contributed by atoms with Gasteiger partial charge < -0.3 is 10.0 Å². The van der Waals surface area contributed by atoms with Crippen LogP contribution in [0.15, 0.2) is 54.6 Å². The number of thiophene rings is 1. The van der Waals surface area contributed by atoms with Crippen molar-refractivity contribution in [3.63, 3.8) is 0 Å². The van der Waals surface area contributed by atoms with Gasteiger partial charge in [-0.1, -0.05) is 42.5 Å². The second-order valence-electron chi connectivity index (χ2n) is 7.70. The smallest absolute Gasteiger partial charge is 0.345 e. The second kappa shape index (κ2) is 9.56. The van der Waals surface area contributed by atoms with E-state index in [2.05, 4.69) is 0 Å². The van der Waals surface area contributed by atoms with Gasteiger partial charge >= 0.3 is 11.9 Å². The standard InChI is InChI=1S/C22H24BF2NO3S/c23-16(13-15-5-2-1-3-6-15)8-9-17-14-22(24,25)21(29)26(17)12-4-7-18-10-11-19(30-18)20(27)28/h1-3,5-6,8-11,16-17H,4,7,12-14,23H2,(H,27,28)/b9-8+/t16-,17?/m1/s1. The van der Waals surface area contributed by atoms with Gasteiger partial charge in [0.2, 0.25) is 0 Å². The van der Waals surface area contributed by atoms with Crippen molar-refractivity contribution in [1.29, 1.82) is 0 Å². The lowest BCUT2D eigenvalue weighted by atomic mass is 9.81. The van der Waals surface area contributed by atoms with Gasteiger partial charge in [-0.05, 0) is 42.8 Å². The molecule has 30 heavy (non-hydrogen) atoms. The number of carbonyl (C=O) groups excluding carboxylic acids is 1. The number of likely N-dealkylation sites (tertiary alicyclic amines) is 1. The zero-order valence-corrected chi connectivity index (χ0v) is 17.6. The van der Waals surface area contributed by atoms with Crippen molar-refractivity contribution >= 4 is 31.1 Å². The molecule has 2 atom stereocenters. The van der Waals surface area contributed by atoms with Gasteiger partial charge in [0, 0.05) is 17.8 Å². The molecule has 1 aromatic heterocycles. The molecule has 1 saturated heterocycles. The Morgan fingerprint density at radius 1 is 1.30 bits per heavy atom. The van der Waals surface area contributed by atoms with Crippen LogP contribution in [0.4, 0.5) is 8.78 Å². The Bertz CT molecular complexity index is 916. The maximum absolute atomic E-state index is 14.1. The molecule has 1 N–H and O–H groups in total. The first-order valence-corrected chi connectivity index (χ1v) is 10.8. The fourth-order valence-corrected chi connectivity index (χ4v) is 4.57. The van der Waals surface area contributed by atoms with Crippen molar-refractivity contribution in [2.24, 2.45) is 0 Å². The molecule has 2 heterocycles. The number of alkyl halides is 2. The molecule has 1 aliphatic rings. The fourth-order valence-electron chi connectivity index (χ4n) is 3.68. The number of carboxylic acids is 1. The Kier molecular flexibility index (Phi) is 7.08. The molecule has 1 amide bonds. The highest BCUT2D eigenvalue weighted by atomic mass is 32.1. The first-order valence-electron chi connectivity index (χ1n) is 9.99. The number of halogens is 2. The number of nitrogens with zero attached hydrogens (tertiary/aromatic N) is 1. The van der Waals surface area contributed by atoms with Crippen molar-refractivity contribution in [2.75, 3.05) is 6.54 Å². The van der Waals surface area contributed by atoms with E-state index in [0.29, 0.717) is 12.8 Å². The van der Waals surface area contributed by atoms with E-state index < -0.39 is 30.3 Å². The summed E-state index contributed by atoms with van der Waals surface area (Å²) < 4.78 is 28.1. The maximum atomic E-state index is 14.1. The fraction of sp³-hybridized carbons (Fsp3) is 0.364. The van der Waals surface area contributed by atoms with Crippen LogP contribution in [0.5, 0.6) is 0 Å². The number of amides is 1. The van der Waals surface area contributed by atoms with Gasteiger partial charge in [-0.15, -0.1) is 11.3 Å². The molecular formula is C22H24BF2NO3S. The van der Waals surface area contributed by atoms with Crippen molar-refractivity contribution < 1.29 is 23.5 Å². The van der Waals surface area contributed by atoms with Crippen LogP contribution in [-0.4, -0.2) is 48.2 Å². The third-order valence-electron chi connectivity index (χ3n) is 5.20. The average molecular weight is 431 g/mol. The maximum Gasteiger partial charge on any atom is 0.345 e. The number of benzene rings is 1. The summed E-state index contributed by atoms with van der Waals surface area (Å²) in [7, 11) is 2.03. The van der Waals surface area contributed by atoms with Crippen LogP contribution >= 0.6 is 11.3 Å². The predicted octanol–water partition coefficient (Wildman–Crippen LogP) is 3.84. The molecule has 2 aromatic rings. The zero-order valence-electron chi connectivity index (χ0n) is 16.8. The number of aryl methyl sites for hydroxylation is 1. The highest BCUT2D eigenvalue weighted by molar-refractivity contribution is 7.13. The summed E-state index contributed by atoms with van der Waals surface area (Å²) in [5.41, 5.74) is 1.18. The largest absolute Gasteiger partial charge is 0.477 e. The lowest BCUT2D eigenvalue weighted by Crippen LogP contribution is -2.36. The third kappa shape index (κ3) is 5.56. The van der Waals surface area contributed by atoms with E-state index >= 15 is 0 Å². The Morgan fingerprint density at radius 2 is 2.03 bits per heavy atom. The lowest BCUT2D eigenvalue weighted by molar-refractivity contribution is -0.148. The van der Waals surface area contributed by atoms with E-state index in [9.17, 15) is 18.4 Å². The molecule has 0 spiro atoms. The van der Waals surface area contributed by atoms with Gasteiger partial charge in [-0.3, -0.25) is 4.79 Å². The molecule has 1 aliphatic heterocycles. The summed E-state index contributed by atoms with van der Waals surface area (Å²) in [4.78, 5) is 25.5.